The molecule has 0 amide bonds. The van der Waals surface area contributed by atoms with Crippen molar-refractivity contribution in [3.05, 3.63) is 42.0 Å². The lowest BCUT2D eigenvalue weighted by Gasteiger charge is -2.05. The van der Waals surface area contributed by atoms with Crippen LogP contribution in [0.25, 0.3) is 0 Å². The largest absolute Gasteiger partial charge is 0.296 e. The first kappa shape index (κ1) is 15.9. The Morgan fingerprint density at radius 1 is 1.11 bits per heavy atom. The Morgan fingerprint density at radius 3 is 2.42 bits per heavy atom. The number of hydrogen-bond donors (Lipinski definition) is 0. The van der Waals surface area contributed by atoms with Crippen LogP contribution in [0.3, 0.4) is 0 Å². The molecular weight excluding hydrogens is 260 g/mol. The number of rotatable bonds is 8. The van der Waals surface area contributed by atoms with E-state index in [2.05, 4.69) is 19.1 Å². The van der Waals surface area contributed by atoms with E-state index in [-0.39, 0.29) is 11.5 Å². The van der Waals surface area contributed by atoms with E-state index >= 15 is 0 Å². The molecule has 0 aliphatic heterocycles. The van der Waals surface area contributed by atoms with Gasteiger partial charge in [0.15, 0.2) is 0 Å². The molecule has 1 aromatic rings. The highest BCUT2D eigenvalue weighted by molar-refractivity contribution is 7.86. The number of aryl methyl sites for hydroxylation is 1. The Kier molecular flexibility index (Phi) is 6.81. The summed E-state index contributed by atoms with van der Waals surface area (Å²) >= 11 is 0. The molecule has 0 atom stereocenters. The highest BCUT2D eigenvalue weighted by atomic mass is 32.2. The molecule has 0 spiro atoms. The van der Waals surface area contributed by atoms with E-state index in [0.29, 0.717) is 0 Å². The van der Waals surface area contributed by atoms with Gasteiger partial charge in [0.25, 0.3) is 10.1 Å². The van der Waals surface area contributed by atoms with Crippen LogP contribution in [0.5, 0.6) is 0 Å². The summed E-state index contributed by atoms with van der Waals surface area (Å²) < 4.78 is 28.7. The van der Waals surface area contributed by atoms with E-state index in [9.17, 15) is 8.42 Å². The minimum Gasteiger partial charge on any atom is -0.266 e. The fourth-order valence-electron chi connectivity index (χ4n) is 1.59. The van der Waals surface area contributed by atoms with Crippen molar-refractivity contribution in [3.8, 4) is 0 Å². The molecule has 0 fully saturated rings. The van der Waals surface area contributed by atoms with Crippen LogP contribution >= 0.6 is 0 Å². The van der Waals surface area contributed by atoms with Crippen molar-refractivity contribution in [2.75, 3.05) is 6.61 Å². The quantitative estimate of drug-likeness (QED) is 0.413. The van der Waals surface area contributed by atoms with Crippen LogP contribution in [-0.4, -0.2) is 15.0 Å². The van der Waals surface area contributed by atoms with Crippen LogP contribution in [0.1, 0.15) is 38.2 Å². The molecule has 0 saturated heterocycles. The van der Waals surface area contributed by atoms with E-state index in [4.69, 9.17) is 4.18 Å². The molecule has 106 valence electrons. The molecule has 0 N–H and O–H groups in total. The van der Waals surface area contributed by atoms with Crippen LogP contribution in [-0.2, 0) is 14.3 Å². The van der Waals surface area contributed by atoms with Crippen molar-refractivity contribution in [1.82, 2.24) is 0 Å². The molecular formula is C15H22O3S. The molecule has 1 aromatic carbocycles. The van der Waals surface area contributed by atoms with Gasteiger partial charge in [-0.1, -0.05) is 36.8 Å². The first-order valence-corrected chi connectivity index (χ1v) is 8.08. The van der Waals surface area contributed by atoms with Gasteiger partial charge in [0.1, 0.15) is 0 Å². The molecule has 19 heavy (non-hydrogen) atoms. The second kappa shape index (κ2) is 8.12. The minimum atomic E-state index is -3.59. The van der Waals surface area contributed by atoms with Crippen molar-refractivity contribution in [2.24, 2.45) is 0 Å². The second-order valence-corrected chi connectivity index (χ2v) is 6.08. The van der Waals surface area contributed by atoms with Gasteiger partial charge in [-0.3, -0.25) is 4.18 Å². The zero-order valence-corrected chi connectivity index (χ0v) is 12.4. The molecule has 3 nitrogen and oxygen atoms in total. The second-order valence-electron chi connectivity index (χ2n) is 4.46. The molecule has 1 rings (SSSR count). The maximum atomic E-state index is 11.8. The van der Waals surface area contributed by atoms with Gasteiger partial charge in [0, 0.05) is 0 Å². The predicted molar refractivity (Wildman–Crippen MR) is 77.6 cm³/mol. The Balaban J connectivity index is 2.35. The first-order valence-electron chi connectivity index (χ1n) is 6.67. The molecule has 0 aromatic heterocycles. The van der Waals surface area contributed by atoms with Crippen LogP contribution in [0, 0.1) is 6.92 Å². The van der Waals surface area contributed by atoms with E-state index in [1.807, 2.05) is 6.92 Å². The highest BCUT2D eigenvalue weighted by Crippen LogP contribution is 2.13. The fraction of sp³-hybridized carbons (Fsp3) is 0.467. The summed E-state index contributed by atoms with van der Waals surface area (Å²) in [6.07, 6.45) is 7.94. The zero-order chi connectivity index (χ0) is 14.1. The Bertz CT molecular complexity index is 487. The lowest BCUT2D eigenvalue weighted by atomic mass is 10.2. The van der Waals surface area contributed by atoms with E-state index < -0.39 is 10.1 Å². The van der Waals surface area contributed by atoms with Crippen LogP contribution in [0.2, 0.25) is 0 Å². The third kappa shape index (κ3) is 6.03. The van der Waals surface area contributed by atoms with Gasteiger partial charge in [-0.15, -0.1) is 0 Å². The SMILES string of the molecule is CC/C=C\CCCCOS(=O)(=O)c1ccc(C)cc1. The average Bonchev–Trinajstić information content (AvgIpc) is 2.38. The fourth-order valence-corrected chi connectivity index (χ4v) is 2.53. The summed E-state index contributed by atoms with van der Waals surface area (Å²) in [5, 5.41) is 0. The molecule has 0 radical (unpaired) electrons. The monoisotopic (exact) mass is 282 g/mol. The van der Waals surface area contributed by atoms with Gasteiger partial charge in [0.05, 0.1) is 11.5 Å². The lowest BCUT2D eigenvalue weighted by Crippen LogP contribution is -2.07. The number of allylic oxidation sites excluding steroid dienone is 2. The summed E-state index contributed by atoms with van der Waals surface area (Å²) in [6, 6.07) is 6.70. The van der Waals surface area contributed by atoms with Gasteiger partial charge < -0.3 is 0 Å². The smallest absolute Gasteiger partial charge is 0.266 e. The maximum absolute atomic E-state index is 11.8. The van der Waals surface area contributed by atoms with Gasteiger partial charge in [-0.05, 0) is 44.7 Å². The summed E-state index contributed by atoms with van der Waals surface area (Å²) in [6.45, 7) is 4.25. The molecule has 0 bridgehead atoms. The molecule has 0 aliphatic carbocycles. The maximum Gasteiger partial charge on any atom is 0.296 e. The predicted octanol–water partition coefficient (Wildman–Crippen LogP) is 3.84. The number of benzene rings is 1. The average molecular weight is 282 g/mol. The topological polar surface area (TPSA) is 43.4 Å². The third-order valence-corrected chi connectivity index (χ3v) is 4.04. The van der Waals surface area contributed by atoms with Crippen LogP contribution in [0.15, 0.2) is 41.3 Å². The molecule has 0 aliphatic rings. The minimum absolute atomic E-state index is 0.226. The number of unbranched alkanes of at least 4 members (excludes halogenated alkanes) is 2. The normalized spacial score (nSPS) is 12.1. The third-order valence-electron chi connectivity index (χ3n) is 2.72. The van der Waals surface area contributed by atoms with E-state index in [1.54, 1.807) is 24.3 Å². The van der Waals surface area contributed by atoms with Crippen molar-refractivity contribution in [3.63, 3.8) is 0 Å². The van der Waals surface area contributed by atoms with Crippen molar-refractivity contribution < 1.29 is 12.6 Å². The molecule has 0 unspecified atom stereocenters. The van der Waals surface area contributed by atoms with Crippen molar-refractivity contribution >= 4 is 10.1 Å². The standard InChI is InChI=1S/C15H22O3S/c1-3-4-5-6-7-8-13-18-19(16,17)15-11-9-14(2)10-12-15/h4-5,9-12H,3,6-8,13H2,1-2H3/b5-4-. The molecule has 0 saturated carbocycles. The van der Waals surface area contributed by atoms with Crippen LogP contribution < -0.4 is 0 Å². The van der Waals surface area contributed by atoms with Crippen LogP contribution in [0.4, 0.5) is 0 Å². The Labute approximate surface area is 116 Å². The first-order chi connectivity index (χ1) is 9.06. The molecule has 4 heteroatoms. The zero-order valence-electron chi connectivity index (χ0n) is 11.6. The molecule has 0 heterocycles. The summed E-state index contributed by atoms with van der Waals surface area (Å²) in [5.74, 6) is 0. The van der Waals surface area contributed by atoms with Crippen molar-refractivity contribution in [2.45, 2.75) is 44.4 Å². The summed E-state index contributed by atoms with van der Waals surface area (Å²) in [4.78, 5) is 0.226. The van der Waals surface area contributed by atoms with Crippen molar-refractivity contribution in [1.29, 1.82) is 0 Å². The van der Waals surface area contributed by atoms with Gasteiger partial charge in [0.2, 0.25) is 0 Å². The summed E-state index contributed by atoms with van der Waals surface area (Å²) in [5.41, 5.74) is 1.03. The van der Waals surface area contributed by atoms with Gasteiger partial charge >= 0.3 is 0 Å². The highest BCUT2D eigenvalue weighted by Gasteiger charge is 2.13. The number of hydrogen-bond acceptors (Lipinski definition) is 3. The van der Waals surface area contributed by atoms with E-state index in [0.717, 1.165) is 31.2 Å². The summed E-state index contributed by atoms with van der Waals surface area (Å²) in [7, 11) is -3.59. The van der Waals surface area contributed by atoms with Gasteiger partial charge in [-0.25, -0.2) is 0 Å². The Morgan fingerprint density at radius 2 is 1.79 bits per heavy atom. The van der Waals surface area contributed by atoms with E-state index in [1.165, 1.54) is 0 Å². The Hall–Kier alpha value is -1.13. The van der Waals surface area contributed by atoms with Gasteiger partial charge in [-0.2, -0.15) is 8.42 Å². The lowest BCUT2D eigenvalue weighted by molar-refractivity contribution is 0.309.